The summed E-state index contributed by atoms with van der Waals surface area (Å²) in [6.45, 7) is 1.94. The number of halogens is 1. The summed E-state index contributed by atoms with van der Waals surface area (Å²) in [5.74, 6) is -1.39. The van der Waals surface area contributed by atoms with Crippen LogP contribution in [0.4, 0.5) is 10.5 Å². The number of benzene rings is 1. The number of aryl methyl sites for hydroxylation is 1. The second kappa shape index (κ2) is 6.09. The third-order valence-corrected chi connectivity index (χ3v) is 3.78. The van der Waals surface area contributed by atoms with Crippen LogP contribution in [-0.2, 0) is 4.79 Å². The van der Waals surface area contributed by atoms with E-state index in [0.29, 0.717) is 12.1 Å². The van der Waals surface area contributed by atoms with E-state index in [1.54, 1.807) is 12.2 Å². The summed E-state index contributed by atoms with van der Waals surface area (Å²) in [6, 6.07) is 5.05. The minimum absolute atomic E-state index is 0.250. The number of hydrogen-bond acceptors (Lipinski definition) is 2. The summed E-state index contributed by atoms with van der Waals surface area (Å²) < 4.78 is 0.795. The average Bonchev–Trinajstić information content (AvgIpc) is 2.82. The molecule has 2 unspecified atom stereocenters. The molecule has 5 nitrogen and oxygen atoms in total. The second-order valence-electron chi connectivity index (χ2n) is 4.75. The molecule has 20 heavy (non-hydrogen) atoms. The van der Waals surface area contributed by atoms with Gasteiger partial charge >= 0.3 is 12.0 Å². The average molecular weight is 339 g/mol. The summed E-state index contributed by atoms with van der Waals surface area (Å²) in [4.78, 5) is 22.7. The fraction of sp³-hybridized carbons (Fsp3) is 0.286. The highest BCUT2D eigenvalue weighted by Crippen LogP contribution is 2.23. The first-order valence-corrected chi connectivity index (χ1v) is 7.00. The Morgan fingerprint density at radius 1 is 1.35 bits per heavy atom. The van der Waals surface area contributed by atoms with Gasteiger partial charge in [0.25, 0.3) is 0 Å². The van der Waals surface area contributed by atoms with Crippen LogP contribution in [-0.4, -0.2) is 23.1 Å². The molecule has 2 rings (SSSR count). The van der Waals surface area contributed by atoms with Gasteiger partial charge in [-0.15, -0.1) is 0 Å². The number of amides is 2. The lowest BCUT2D eigenvalue weighted by atomic mass is 10.1. The van der Waals surface area contributed by atoms with Crippen molar-refractivity contribution in [2.75, 3.05) is 5.32 Å². The number of urea groups is 1. The van der Waals surface area contributed by atoms with Crippen molar-refractivity contribution in [1.82, 2.24) is 5.32 Å². The number of carboxylic acids is 1. The molecule has 3 N–H and O–H groups in total. The van der Waals surface area contributed by atoms with Gasteiger partial charge in [0, 0.05) is 4.47 Å². The molecule has 0 saturated heterocycles. The zero-order valence-electron chi connectivity index (χ0n) is 10.9. The number of aliphatic carboxylic acids is 1. The Morgan fingerprint density at radius 2 is 2.10 bits per heavy atom. The number of carbonyl (C=O) groups is 2. The van der Waals surface area contributed by atoms with Crippen molar-refractivity contribution in [3.8, 4) is 0 Å². The van der Waals surface area contributed by atoms with Crippen LogP contribution in [0, 0.1) is 12.8 Å². The maximum atomic E-state index is 11.9. The van der Waals surface area contributed by atoms with E-state index >= 15 is 0 Å². The van der Waals surface area contributed by atoms with Crippen LogP contribution in [0.5, 0.6) is 0 Å². The highest BCUT2D eigenvalue weighted by molar-refractivity contribution is 9.10. The third-order valence-electron chi connectivity index (χ3n) is 3.09. The first-order valence-electron chi connectivity index (χ1n) is 6.20. The number of anilines is 1. The lowest BCUT2D eigenvalue weighted by Crippen LogP contribution is -2.36. The largest absolute Gasteiger partial charge is 0.481 e. The number of carbonyl (C=O) groups excluding carboxylic acids is 1. The molecule has 0 radical (unpaired) electrons. The van der Waals surface area contributed by atoms with Crippen molar-refractivity contribution in [1.29, 1.82) is 0 Å². The minimum atomic E-state index is -0.868. The maximum Gasteiger partial charge on any atom is 0.319 e. The van der Waals surface area contributed by atoms with E-state index in [9.17, 15) is 9.59 Å². The van der Waals surface area contributed by atoms with Gasteiger partial charge < -0.3 is 15.7 Å². The van der Waals surface area contributed by atoms with Gasteiger partial charge in [-0.1, -0.05) is 18.2 Å². The SMILES string of the molecule is Cc1ccc(Br)c(NC(=O)NC2C=CC(C(=O)O)C2)c1. The zero-order valence-corrected chi connectivity index (χ0v) is 12.5. The fourth-order valence-electron chi connectivity index (χ4n) is 2.05. The van der Waals surface area contributed by atoms with Crippen molar-refractivity contribution < 1.29 is 14.7 Å². The van der Waals surface area contributed by atoms with Crippen LogP contribution in [0.3, 0.4) is 0 Å². The molecule has 1 aromatic rings. The molecule has 6 heteroatoms. The van der Waals surface area contributed by atoms with Gasteiger partial charge in [-0.2, -0.15) is 0 Å². The molecular weight excluding hydrogens is 324 g/mol. The smallest absolute Gasteiger partial charge is 0.319 e. The quantitative estimate of drug-likeness (QED) is 0.741. The molecule has 0 saturated carbocycles. The molecule has 2 atom stereocenters. The van der Waals surface area contributed by atoms with Crippen LogP contribution < -0.4 is 10.6 Å². The Kier molecular flexibility index (Phi) is 4.44. The molecule has 0 aliphatic heterocycles. The first-order chi connectivity index (χ1) is 9.45. The molecule has 0 bridgehead atoms. The molecule has 1 aliphatic rings. The highest BCUT2D eigenvalue weighted by atomic mass is 79.9. The Hall–Kier alpha value is -1.82. The lowest BCUT2D eigenvalue weighted by molar-refractivity contribution is -0.140. The van der Waals surface area contributed by atoms with E-state index in [0.717, 1.165) is 10.0 Å². The maximum absolute atomic E-state index is 11.9. The summed E-state index contributed by atoms with van der Waals surface area (Å²) in [5.41, 5.74) is 1.72. The molecule has 1 aliphatic carbocycles. The molecule has 0 spiro atoms. The summed E-state index contributed by atoms with van der Waals surface area (Å²) in [7, 11) is 0. The molecule has 106 valence electrons. The Bertz CT molecular complexity index is 572. The van der Waals surface area contributed by atoms with E-state index < -0.39 is 11.9 Å². The third kappa shape index (κ3) is 3.60. The molecule has 0 aromatic heterocycles. The van der Waals surface area contributed by atoms with Gasteiger partial charge in [-0.25, -0.2) is 4.79 Å². The van der Waals surface area contributed by atoms with E-state index in [1.165, 1.54) is 0 Å². The zero-order chi connectivity index (χ0) is 14.7. The van der Waals surface area contributed by atoms with Gasteiger partial charge in [-0.3, -0.25) is 4.79 Å². The van der Waals surface area contributed by atoms with E-state index in [4.69, 9.17) is 5.11 Å². The van der Waals surface area contributed by atoms with Crippen LogP contribution in [0.1, 0.15) is 12.0 Å². The van der Waals surface area contributed by atoms with Gasteiger partial charge in [0.15, 0.2) is 0 Å². The predicted octanol–water partition coefficient (Wildman–Crippen LogP) is 2.91. The number of nitrogens with one attached hydrogen (secondary N) is 2. The Labute approximate surface area is 125 Å². The van der Waals surface area contributed by atoms with Crippen molar-refractivity contribution in [3.63, 3.8) is 0 Å². The Morgan fingerprint density at radius 3 is 2.75 bits per heavy atom. The summed E-state index contributed by atoms with van der Waals surface area (Å²) in [5, 5.41) is 14.4. The van der Waals surface area contributed by atoms with E-state index in [-0.39, 0.29) is 12.1 Å². The van der Waals surface area contributed by atoms with Crippen molar-refractivity contribution in [2.24, 2.45) is 5.92 Å². The number of hydrogen-bond donors (Lipinski definition) is 3. The fourth-order valence-corrected chi connectivity index (χ4v) is 2.40. The molecule has 0 fully saturated rings. The van der Waals surface area contributed by atoms with Crippen LogP contribution in [0.2, 0.25) is 0 Å². The van der Waals surface area contributed by atoms with E-state index in [2.05, 4.69) is 26.6 Å². The van der Waals surface area contributed by atoms with Crippen LogP contribution in [0.25, 0.3) is 0 Å². The predicted molar refractivity (Wildman–Crippen MR) is 79.7 cm³/mol. The van der Waals surface area contributed by atoms with E-state index in [1.807, 2.05) is 25.1 Å². The Balaban J connectivity index is 1.92. The van der Waals surface area contributed by atoms with Crippen molar-refractivity contribution in [3.05, 3.63) is 40.4 Å². The van der Waals surface area contributed by atoms with Crippen molar-refractivity contribution >= 4 is 33.6 Å². The summed E-state index contributed by atoms with van der Waals surface area (Å²) in [6.07, 6.45) is 3.71. The van der Waals surface area contributed by atoms with Gasteiger partial charge in [0.1, 0.15) is 0 Å². The molecule has 2 amide bonds. The normalized spacial score (nSPS) is 20.7. The highest BCUT2D eigenvalue weighted by Gasteiger charge is 2.25. The molecule has 1 aromatic carbocycles. The van der Waals surface area contributed by atoms with Crippen molar-refractivity contribution in [2.45, 2.75) is 19.4 Å². The van der Waals surface area contributed by atoms with Gasteiger partial charge in [0.05, 0.1) is 17.6 Å². The molecular formula is C14H15BrN2O3. The second-order valence-corrected chi connectivity index (χ2v) is 5.61. The number of carboxylic acid groups (broad SMARTS) is 1. The minimum Gasteiger partial charge on any atom is -0.481 e. The van der Waals surface area contributed by atoms with Crippen LogP contribution >= 0.6 is 15.9 Å². The van der Waals surface area contributed by atoms with Gasteiger partial charge in [-0.05, 0) is 47.0 Å². The standard InChI is InChI=1S/C14H15BrN2O3/c1-8-2-5-11(15)12(6-8)17-14(20)16-10-4-3-9(7-10)13(18)19/h2-6,9-10H,7H2,1H3,(H,18,19)(H2,16,17,20). The number of rotatable bonds is 3. The van der Waals surface area contributed by atoms with Crippen LogP contribution in [0.15, 0.2) is 34.8 Å². The molecule has 0 heterocycles. The topological polar surface area (TPSA) is 78.4 Å². The van der Waals surface area contributed by atoms with Gasteiger partial charge in [0.2, 0.25) is 0 Å². The monoisotopic (exact) mass is 338 g/mol. The summed E-state index contributed by atoms with van der Waals surface area (Å²) >= 11 is 3.37. The first kappa shape index (κ1) is 14.6. The lowest BCUT2D eigenvalue weighted by Gasteiger charge is -2.14.